The number of hydrogen-bond donors (Lipinski definition) is 2. The topological polar surface area (TPSA) is 67.4 Å². The summed E-state index contributed by atoms with van der Waals surface area (Å²) in [6.45, 7) is 2.48. The Bertz CT molecular complexity index is 986. The highest BCUT2D eigenvalue weighted by Crippen LogP contribution is 2.17. The van der Waals surface area contributed by atoms with Crippen molar-refractivity contribution in [3.05, 3.63) is 89.7 Å². The molecule has 3 rings (SSSR count). The van der Waals surface area contributed by atoms with Crippen molar-refractivity contribution in [2.45, 2.75) is 13.3 Å². The smallest absolute Gasteiger partial charge is 0.255 e. The van der Waals surface area contributed by atoms with Crippen LogP contribution in [0.1, 0.15) is 22.8 Å². The normalized spacial score (nSPS) is 10.3. The van der Waals surface area contributed by atoms with Crippen LogP contribution in [0.25, 0.3) is 0 Å². The molecule has 0 aromatic heterocycles. The molecule has 6 heteroatoms. The molecule has 0 aliphatic carbocycles. The second-order valence-corrected chi connectivity index (χ2v) is 6.31. The zero-order valence-corrected chi connectivity index (χ0v) is 15.9. The van der Waals surface area contributed by atoms with Crippen LogP contribution in [0.15, 0.2) is 72.8 Å². The lowest BCUT2D eigenvalue weighted by Gasteiger charge is -2.09. The molecule has 3 aromatic carbocycles. The van der Waals surface area contributed by atoms with Crippen LogP contribution in [0.5, 0.6) is 5.75 Å². The summed E-state index contributed by atoms with van der Waals surface area (Å²) >= 11 is 0. The molecule has 0 aliphatic heterocycles. The summed E-state index contributed by atoms with van der Waals surface area (Å²) in [4.78, 5) is 24.5. The Hall–Kier alpha value is -3.67. The van der Waals surface area contributed by atoms with Gasteiger partial charge in [0, 0.05) is 16.9 Å². The number of carbonyl (C=O) groups is 2. The van der Waals surface area contributed by atoms with Crippen LogP contribution in [0.4, 0.5) is 15.8 Å². The molecule has 0 spiro atoms. The maximum atomic E-state index is 13.6. The van der Waals surface area contributed by atoms with Gasteiger partial charge >= 0.3 is 0 Å². The van der Waals surface area contributed by atoms with Crippen molar-refractivity contribution in [1.82, 2.24) is 0 Å². The van der Waals surface area contributed by atoms with Crippen molar-refractivity contribution >= 4 is 23.2 Å². The van der Waals surface area contributed by atoms with Crippen LogP contribution < -0.4 is 15.4 Å². The van der Waals surface area contributed by atoms with E-state index >= 15 is 0 Å². The highest BCUT2D eigenvalue weighted by atomic mass is 19.1. The highest BCUT2D eigenvalue weighted by Gasteiger charge is 2.10. The van der Waals surface area contributed by atoms with E-state index in [0.29, 0.717) is 29.1 Å². The Morgan fingerprint density at radius 1 is 0.862 bits per heavy atom. The van der Waals surface area contributed by atoms with E-state index in [-0.39, 0.29) is 18.2 Å². The van der Waals surface area contributed by atoms with Crippen molar-refractivity contribution in [3.63, 3.8) is 0 Å². The molecule has 0 saturated carbocycles. The fraction of sp³-hybridized carbons (Fsp3) is 0.130. The number of nitrogens with one attached hydrogen (secondary N) is 2. The van der Waals surface area contributed by atoms with E-state index in [1.807, 2.05) is 6.92 Å². The van der Waals surface area contributed by atoms with E-state index < -0.39 is 5.82 Å². The lowest BCUT2D eigenvalue weighted by atomic mass is 10.1. The standard InChI is InChI=1S/C23H21FN2O3/c1-2-29-20-13-11-19(12-14-20)26-23(28)16-7-9-18(10-8-16)25-22(27)15-17-5-3-4-6-21(17)24/h3-14H,2,15H2,1H3,(H,25,27)(H,26,28). The number of ether oxygens (including phenoxy) is 1. The van der Waals surface area contributed by atoms with E-state index in [1.165, 1.54) is 6.07 Å². The molecule has 29 heavy (non-hydrogen) atoms. The van der Waals surface area contributed by atoms with Gasteiger partial charge in [-0.15, -0.1) is 0 Å². The molecule has 0 unspecified atom stereocenters. The van der Waals surface area contributed by atoms with Gasteiger partial charge in [0.25, 0.3) is 5.91 Å². The first kappa shape index (κ1) is 20.1. The largest absolute Gasteiger partial charge is 0.494 e. The van der Waals surface area contributed by atoms with Crippen molar-refractivity contribution in [1.29, 1.82) is 0 Å². The zero-order chi connectivity index (χ0) is 20.6. The van der Waals surface area contributed by atoms with E-state index in [4.69, 9.17) is 4.74 Å². The van der Waals surface area contributed by atoms with Crippen LogP contribution in [-0.4, -0.2) is 18.4 Å². The lowest BCUT2D eigenvalue weighted by molar-refractivity contribution is -0.115. The summed E-state index contributed by atoms with van der Waals surface area (Å²) in [6, 6.07) is 19.7. The third-order valence-corrected chi connectivity index (χ3v) is 4.16. The predicted octanol–water partition coefficient (Wildman–Crippen LogP) is 4.66. The molecule has 0 bridgehead atoms. The molecule has 5 nitrogen and oxygen atoms in total. The fourth-order valence-electron chi connectivity index (χ4n) is 2.73. The van der Waals surface area contributed by atoms with Gasteiger partial charge < -0.3 is 15.4 Å². The number of carbonyl (C=O) groups excluding carboxylic acids is 2. The van der Waals surface area contributed by atoms with E-state index in [1.54, 1.807) is 66.7 Å². The zero-order valence-electron chi connectivity index (χ0n) is 15.9. The van der Waals surface area contributed by atoms with E-state index in [0.717, 1.165) is 5.75 Å². The average Bonchev–Trinajstić information content (AvgIpc) is 2.72. The average molecular weight is 392 g/mol. The summed E-state index contributed by atoms with van der Waals surface area (Å²) in [5.41, 5.74) is 1.96. The number of anilines is 2. The van der Waals surface area contributed by atoms with Gasteiger partial charge in [-0.25, -0.2) is 4.39 Å². The minimum Gasteiger partial charge on any atom is -0.494 e. The van der Waals surface area contributed by atoms with Gasteiger partial charge in [-0.1, -0.05) is 18.2 Å². The first-order valence-electron chi connectivity index (χ1n) is 9.22. The molecule has 0 aliphatic rings. The second kappa shape index (κ2) is 9.50. The van der Waals surface area contributed by atoms with Crippen molar-refractivity contribution in [2.24, 2.45) is 0 Å². The minimum atomic E-state index is -0.413. The van der Waals surface area contributed by atoms with Gasteiger partial charge in [0.1, 0.15) is 11.6 Å². The van der Waals surface area contributed by atoms with Crippen molar-refractivity contribution < 1.29 is 18.7 Å². The Morgan fingerprint density at radius 2 is 1.48 bits per heavy atom. The van der Waals surface area contributed by atoms with Crippen molar-refractivity contribution in [3.8, 4) is 5.75 Å². The Balaban J connectivity index is 1.57. The van der Waals surface area contributed by atoms with Crippen molar-refractivity contribution in [2.75, 3.05) is 17.2 Å². The Morgan fingerprint density at radius 3 is 2.14 bits per heavy atom. The number of rotatable bonds is 7. The first-order chi connectivity index (χ1) is 14.0. The number of halogens is 1. The van der Waals surface area contributed by atoms with Gasteiger partial charge in [0.05, 0.1) is 13.0 Å². The predicted molar refractivity (Wildman–Crippen MR) is 111 cm³/mol. The summed E-state index contributed by atoms with van der Waals surface area (Å²) in [6.07, 6.45) is -0.0628. The molecule has 3 aromatic rings. The van der Waals surface area contributed by atoms with E-state index in [9.17, 15) is 14.0 Å². The molecule has 0 atom stereocenters. The van der Waals surface area contributed by atoms with Crippen LogP contribution in [0, 0.1) is 5.82 Å². The second-order valence-electron chi connectivity index (χ2n) is 6.31. The molecular formula is C23H21FN2O3. The number of benzene rings is 3. The minimum absolute atomic E-state index is 0.0628. The van der Waals surface area contributed by atoms with Crippen LogP contribution in [0.3, 0.4) is 0 Å². The fourth-order valence-corrected chi connectivity index (χ4v) is 2.73. The van der Waals surface area contributed by atoms with Crippen LogP contribution >= 0.6 is 0 Å². The lowest BCUT2D eigenvalue weighted by Crippen LogP contribution is -2.16. The molecule has 2 N–H and O–H groups in total. The van der Waals surface area contributed by atoms with Gasteiger partial charge in [0.15, 0.2) is 0 Å². The number of amides is 2. The summed E-state index contributed by atoms with van der Waals surface area (Å²) in [7, 11) is 0. The maximum absolute atomic E-state index is 13.6. The van der Waals surface area contributed by atoms with Gasteiger partial charge in [-0.3, -0.25) is 9.59 Å². The van der Waals surface area contributed by atoms with E-state index in [2.05, 4.69) is 10.6 Å². The van der Waals surface area contributed by atoms with Crippen LogP contribution in [0.2, 0.25) is 0 Å². The Kier molecular flexibility index (Phi) is 6.58. The molecule has 148 valence electrons. The third-order valence-electron chi connectivity index (χ3n) is 4.16. The molecular weight excluding hydrogens is 371 g/mol. The molecule has 0 saturated heterocycles. The summed E-state index contributed by atoms with van der Waals surface area (Å²) < 4.78 is 19.0. The Labute approximate surface area is 168 Å². The molecule has 0 heterocycles. The SMILES string of the molecule is CCOc1ccc(NC(=O)c2ccc(NC(=O)Cc3ccccc3F)cc2)cc1. The molecule has 0 radical (unpaired) electrons. The quantitative estimate of drug-likeness (QED) is 0.615. The maximum Gasteiger partial charge on any atom is 0.255 e. The van der Waals surface area contributed by atoms with Gasteiger partial charge in [-0.2, -0.15) is 0 Å². The summed E-state index contributed by atoms with van der Waals surface area (Å²) in [5, 5.41) is 5.50. The van der Waals surface area contributed by atoms with Gasteiger partial charge in [0.2, 0.25) is 5.91 Å². The molecule has 0 fully saturated rings. The highest BCUT2D eigenvalue weighted by molar-refractivity contribution is 6.04. The molecule has 2 amide bonds. The van der Waals surface area contributed by atoms with Gasteiger partial charge in [-0.05, 0) is 67.1 Å². The number of hydrogen-bond acceptors (Lipinski definition) is 3. The third kappa shape index (κ3) is 5.65. The van der Waals surface area contributed by atoms with Crippen LogP contribution in [-0.2, 0) is 11.2 Å². The summed E-state index contributed by atoms with van der Waals surface area (Å²) in [5.74, 6) is -0.273. The monoisotopic (exact) mass is 392 g/mol. The first-order valence-corrected chi connectivity index (χ1v) is 9.22.